The fourth-order valence-electron chi connectivity index (χ4n) is 9.60. The van der Waals surface area contributed by atoms with Gasteiger partial charge in [0.2, 0.25) is 11.8 Å². The third-order valence-electron chi connectivity index (χ3n) is 13.6. The number of carbonyl (C=O) groups excluding carboxylic acids is 4. The average molecular weight is 925 g/mol. The summed E-state index contributed by atoms with van der Waals surface area (Å²) in [6.45, 7) is 11.0. The minimum Gasteiger partial charge on any atom is -0.390 e. The lowest BCUT2D eigenvalue weighted by Gasteiger charge is -2.31. The maximum absolute atomic E-state index is 12.7. The van der Waals surface area contributed by atoms with Crippen molar-refractivity contribution >= 4 is 23.6 Å². The van der Waals surface area contributed by atoms with E-state index < -0.39 is 12.2 Å². The van der Waals surface area contributed by atoms with Crippen LogP contribution in [0.2, 0.25) is 0 Å². The number of β-amino-alcohol motifs (C(OH)–C–C–N with tert-alkyl or cyclic N) is 2. The zero-order chi connectivity index (χ0) is 46.7. The Morgan fingerprint density at radius 2 is 1.07 bits per heavy atom. The maximum atomic E-state index is 12.7. The molecule has 4 amide bonds. The van der Waals surface area contributed by atoms with Crippen LogP contribution in [0.4, 0.5) is 0 Å². The number of nitrogens with zero attached hydrogens (tertiary/aromatic N) is 10. The highest BCUT2D eigenvalue weighted by Crippen LogP contribution is 2.23. The highest BCUT2D eigenvalue weighted by atomic mass is 16.3. The Labute approximate surface area is 395 Å². The summed E-state index contributed by atoms with van der Waals surface area (Å²) >= 11 is 0. The van der Waals surface area contributed by atoms with Gasteiger partial charge in [0.25, 0.3) is 11.8 Å². The lowest BCUT2D eigenvalue weighted by atomic mass is 9.91. The normalized spacial score (nSPS) is 17.8. The SMILES string of the molecule is C.CC(=O)N1CCC(Cc2cc(C(=O)NC[C@H](O)CN3CCc4c(ncn4C)C3)ccn2)CC1.CC(=O)N1CCC(Cc2cc(C(=O)NC[C@H](O)CN3CCc4ncn(C)c4C3)ccn2)CC1. The summed E-state index contributed by atoms with van der Waals surface area (Å²) in [4.78, 5) is 74.2. The van der Waals surface area contributed by atoms with Crippen molar-refractivity contribution in [2.45, 2.75) is 97.9 Å². The summed E-state index contributed by atoms with van der Waals surface area (Å²) in [5.74, 6) is 0.810. The Hall–Kier alpha value is -5.56. The van der Waals surface area contributed by atoms with Crippen LogP contribution in [-0.4, -0.2) is 160 Å². The van der Waals surface area contributed by atoms with Gasteiger partial charge in [0.1, 0.15) is 0 Å². The first-order valence-electron chi connectivity index (χ1n) is 23.5. The second-order valence-corrected chi connectivity index (χ2v) is 18.6. The molecule has 2 saturated heterocycles. The van der Waals surface area contributed by atoms with Gasteiger partial charge in [0.15, 0.2) is 0 Å². The molecule has 0 spiro atoms. The molecule has 2 atom stereocenters. The third-order valence-corrected chi connectivity index (χ3v) is 13.6. The third kappa shape index (κ3) is 14.2. The van der Waals surface area contributed by atoms with Gasteiger partial charge in [-0.2, -0.15) is 0 Å². The first-order valence-corrected chi connectivity index (χ1v) is 23.5. The van der Waals surface area contributed by atoms with Crippen LogP contribution >= 0.6 is 0 Å². The molecule has 18 heteroatoms. The number of aromatic nitrogens is 6. The Kier molecular flexibility index (Phi) is 18.2. The van der Waals surface area contributed by atoms with Crippen molar-refractivity contribution in [1.29, 1.82) is 0 Å². The minimum absolute atomic E-state index is 0. The molecule has 4 aliphatic heterocycles. The van der Waals surface area contributed by atoms with E-state index in [4.69, 9.17) is 0 Å². The van der Waals surface area contributed by atoms with E-state index in [9.17, 15) is 29.4 Å². The number of pyridine rings is 2. The number of piperidine rings is 2. The van der Waals surface area contributed by atoms with E-state index in [1.54, 1.807) is 38.4 Å². The van der Waals surface area contributed by atoms with Crippen molar-refractivity contribution in [3.8, 4) is 0 Å². The van der Waals surface area contributed by atoms with E-state index in [1.165, 1.54) is 11.4 Å². The second kappa shape index (κ2) is 23.9. The van der Waals surface area contributed by atoms with Gasteiger partial charge < -0.3 is 39.8 Å². The quantitative estimate of drug-likeness (QED) is 0.144. The smallest absolute Gasteiger partial charge is 0.251 e. The van der Waals surface area contributed by atoms with Crippen LogP contribution in [-0.2, 0) is 62.5 Å². The summed E-state index contributed by atoms with van der Waals surface area (Å²) in [6.07, 6.45) is 13.0. The van der Waals surface area contributed by atoms with Crippen molar-refractivity contribution in [2.24, 2.45) is 25.9 Å². The van der Waals surface area contributed by atoms with Gasteiger partial charge in [-0.3, -0.25) is 38.9 Å². The van der Waals surface area contributed by atoms with Crippen molar-refractivity contribution < 1.29 is 29.4 Å². The lowest BCUT2D eigenvalue weighted by molar-refractivity contribution is -0.131. The number of aryl methyl sites for hydroxylation is 2. The van der Waals surface area contributed by atoms with Crippen molar-refractivity contribution in [3.63, 3.8) is 0 Å². The zero-order valence-corrected chi connectivity index (χ0v) is 39.1. The largest absolute Gasteiger partial charge is 0.390 e. The van der Waals surface area contributed by atoms with E-state index in [2.05, 4.69) is 44.9 Å². The molecule has 4 aromatic heterocycles. The van der Waals surface area contributed by atoms with Gasteiger partial charge in [-0.15, -0.1) is 0 Å². The topological polar surface area (TPSA) is 207 Å². The van der Waals surface area contributed by atoms with E-state index in [0.717, 1.165) is 127 Å². The molecule has 4 aromatic rings. The molecule has 0 aliphatic carbocycles. The monoisotopic (exact) mass is 925 g/mol. The number of imidazole rings is 2. The van der Waals surface area contributed by atoms with Gasteiger partial charge in [-0.05, 0) is 74.6 Å². The highest BCUT2D eigenvalue weighted by molar-refractivity contribution is 5.94. The molecular formula is C49H72N12O6. The molecule has 8 heterocycles. The number of nitrogens with one attached hydrogen (secondary N) is 2. The number of aliphatic hydroxyl groups excluding tert-OH is 2. The molecular weight excluding hydrogens is 853 g/mol. The van der Waals surface area contributed by atoms with Crippen LogP contribution in [0.15, 0.2) is 49.3 Å². The van der Waals surface area contributed by atoms with Crippen LogP contribution in [0.1, 0.15) is 102 Å². The van der Waals surface area contributed by atoms with Gasteiger partial charge in [0.05, 0.1) is 41.9 Å². The van der Waals surface area contributed by atoms with Gasteiger partial charge in [0, 0.05) is 160 Å². The fourth-order valence-corrected chi connectivity index (χ4v) is 9.60. The van der Waals surface area contributed by atoms with Crippen LogP contribution in [0.25, 0.3) is 0 Å². The Balaban J connectivity index is 0.000000218. The molecule has 18 nitrogen and oxygen atoms in total. The molecule has 0 unspecified atom stereocenters. The molecule has 0 bridgehead atoms. The Morgan fingerprint density at radius 3 is 1.57 bits per heavy atom. The molecule has 4 aliphatic rings. The van der Waals surface area contributed by atoms with E-state index in [-0.39, 0.29) is 44.1 Å². The number of fused-ring (bicyclic) bond motifs is 2. The predicted octanol–water partition coefficient (Wildman–Crippen LogP) is 2.17. The number of amides is 4. The van der Waals surface area contributed by atoms with Crippen molar-refractivity contribution in [1.82, 2.24) is 59.3 Å². The van der Waals surface area contributed by atoms with E-state index in [0.29, 0.717) is 36.1 Å². The zero-order valence-electron chi connectivity index (χ0n) is 39.1. The Bertz CT molecular complexity index is 2280. The lowest BCUT2D eigenvalue weighted by Crippen LogP contribution is -2.42. The van der Waals surface area contributed by atoms with Crippen LogP contribution in [0.3, 0.4) is 0 Å². The Morgan fingerprint density at radius 1 is 0.627 bits per heavy atom. The highest BCUT2D eigenvalue weighted by Gasteiger charge is 2.26. The molecule has 0 saturated carbocycles. The first-order chi connectivity index (χ1) is 31.8. The molecule has 67 heavy (non-hydrogen) atoms. The van der Waals surface area contributed by atoms with Crippen LogP contribution in [0.5, 0.6) is 0 Å². The number of hydrogen-bond acceptors (Lipinski definition) is 12. The van der Waals surface area contributed by atoms with Gasteiger partial charge in [-0.1, -0.05) is 7.43 Å². The number of carbonyl (C=O) groups is 4. The summed E-state index contributed by atoms with van der Waals surface area (Å²) in [7, 11) is 4.00. The van der Waals surface area contributed by atoms with Crippen molar-refractivity contribution in [3.05, 3.63) is 94.6 Å². The summed E-state index contributed by atoms with van der Waals surface area (Å²) < 4.78 is 4.09. The molecule has 364 valence electrons. The van der Waals surface area contributed by atoms with Crippen molar-refractivity contribution in [2.75, 3.05) is 65.4 Å². The first kappa shape index (κ1) is 50.8. The second-order valence-electron chi connectivity index (χ2n) is 18.6. The number of rotatable bonds is 14. The maximum Gasteiger partial charge on any atom is 0.251 e. The number of aliphatic hydroxyl groups is 2. The number of likely N-dealkylation sites (tertiary alicyclic amines) is 2. The van der Waals surface area contributed by atoms with E-state index in [1.807, 2.05) is 53.2 Å². The average Bonchev–Trinajstić information content (AvgIpc) is 3.88. The number of hydrogen-bond donors (Lipinski definition) is 4. The molecule has 2 fully saturated rings. The minimum atomic E-state index is -0.646. The molecule has 0 radical (unpaired) electrons. The summed E-state index contributed by atoms with van der Waals surface area (Å²) in [6, 6.07) is 7.09. The molecule has 0 aromatic carbocycles. The van der Waals surface area contributed by atoms with Gasteiger partial charge >= 0.3 is 0 Å². The van der Waals surface area contributed by atoms with Gasteiger partial charge in [-0.25, -0.2) is 9.97 Å². The van der Waals surface area contributed by atoms with Crippen LogP contribution < -0.4 is 10.6 Å². The predicted molar refractivity (Wildman–Crippen MR) is 254 cm³/mol. The standard InChI is InChI=1S/2C24H34N6O3.CH4/c1-17(31)30-9-4-18(5-10-30)11-20-12-19(3-7-25-20)24(33)26-13-21(32)14-29-8-6-23-22(15-29)27-16-28(23)2;1-17(31)30-9-4-18(5-10-30)11-20-12-19(3-7-25-20)24(33)26-13-21(32)14-29-8-6-22-23(15-29)28(2)16-27-22;/h2*3,7,12,16,18,21,32H,4-6,8-11,13-15H2,1-2H3,(H,26,33);1H4/t2*21-;/m00./s1. The molecule has 8 rings (SSSR count). The summed E-state index contributed by atoms with van der Waals surface area (Å²) in [5, 5.41) is 26.6. The van der Waals surface area contributed by atoms with E-state index >= 15 is 0 Å². The summed E-state index contributed by atoms with van der Waals surface area (Å²) in [5.41, 5.74) is 7.55. The van der Waals surface area contributed by atoms with Crippen LogP contribution in [0, 0.1) is 11.8 Å². The molecule has 4 N–H and O–H groups in total. The fraction of sp³-hybridized carbons (Fsp3) is 0.592.